The number of rotatable bonds is 3. The van der Waals surface area contributed by atoms with Gasteiger partial charge in [0, 0.05) is 11.3 Å². The molecule has 3 rings (SSSR count). The zero-order valence-corrected chi connectivity index (χ0v) is 14.7. The smallest absolute Gasteiger partial charge is 0.266 e. The van der Waals surface area contributed by atoms with Crippen molar-refractivity contribution in [2.75, 3.05) is 12.0 Å². The van der Waals surface area contributed by atoms with Crippen molar-refractivity contribution in [3.63, 3.8) is 0 Å². The number of nitrogens with zero attached hydrogens (tertiary/aromatic N) is 2. The van der Waals surface area contributed by atoms with Crippen LogP contribution < -0.4 is 15.0 Å². The highest BCUT2D eigenvalue weighted by Crippen LogP contribution is 2.38. The van der Waals surface area contributed by atoms with E-state index in [1.165, 1.54) is 0 Å². The summed E-state index contributed by atoms with van der Waals surface area (Å²) in [6, 6.07) is 17.2. The van der Waals surface area contributed by atoms with Crippen LogP contribution in [0.2, 0.25) is 0 Å². The third kappa shape index (κ3) is 3.06. The summed E-state index contributed by atoms with van der Waals surface area (Å²) in [4.78, 5) is 14.2. The van der Waals surface area contributed by atoms with Crippen LogP contribution in [0, 0.1) is 18.3 Å². The molecule has 2 aromatic carbocycles. The summed E-state index contributed by atoms with van der Waals surface area (Å²) in [5.41, 5.74) is 2.65. The van der Waals surface area contributed by atoms with E-state index in [0.717, 1.165) is 16.8 Å². The molecule has 0 saturated carbocycles. The Labute approximate surface area is 151 Å². The fourth-order valence-electron chi connectivity index (χ4n) is 2.86. The third-order valence-corrected chi connectivity index (χ3v) is 4.47. The van der Waals surface area contributed by atoms with Gasteiger partial charge in [-0.3, -0.25) is 4.79 Å². The molecule has 1 unspecified atom stereocenters. The summed E-state index contributed by atoms with van der Waals surface area (Å²) in [5, 5.41) is 12.5. The number of nitriles is 1. The monoisotopic (exact) mass is 351 g/mol. The third-order valence-electron chi connectivity index (χ3n) is 4.03. The van der Waals surface area contributed by atoms with Crippen LogP contribution in [-0.2, 0) is 4.79 Å². The average molecular weight is 351 g/mol. The van der Waals surface area contributed by atoms with Crippen molar-refractivity contribution >= 4 is 24.2 Å². The molecule has 1 N–H and O–H groups in total. The maximum atomic E-state index is 12.4. The van der Waals surface area contributed by atoms with E-state index < -0.39 is 12.1 Å². The van der Waals surface area contributed by atoms with Crippen LogP contribution >= 0.6 is 12.6 Å². The molecule has 0 aliphatic carbocycles. The Morgan fingerprint density at radius 1 is 1.24 bits per heavy atom. The van der Waals surface area contributed by atoms with E-state index in [2.05, 4.69) is 17.9 Å². The van der Waals surface area contributed by atoms with Crippen LogP contribution in [0.25, 0.3) is 0 Å². The van der Waals surface area contributed by atoms with Gasteiger partial charge in [-0.15, -0.1) is 12.6 Å². The molecule has 25 heavy (non-hydrogen) atoms. The molecule has 5 nitrogen and oxygen atoms in total. The van der Waals surface area contributed by atoms with E-state index in [-0.39, 0.29) is 5.57 Å². The lowest BCUT2D eigenvalue weighted by molar-refractivity contribution is -0.118. The summed E-state index contributed by atoms with van der Waals surface area (Å²) < 4.78 is 5.45. The molecule has 126 valence electrons. The minimum absolute atomic E-state index is 0.0176. The summed E-state index contributed by atoms with van der Waals surface area (Å²) >= 11 is 4.49. The Kier molecular flexibility index (Phi) is 4.68. The molecule has 1 aliphatic rings. The molecule has 6 heteroatoms. The van der Waals surface area contributed by atoms with Crippen molar-refractivity contribution in [3.05, 3.63) is 70.3 Å². The van der Waals surface area contributed by atoms with Crippen LogP contribution in [0.5, 0.6) is 5.75 Å². The molecule has 0 spiro atoms. The fourth-order valence-corrected chi connectivity index (χ4v) is 3.25. The SMILES string of the molecule is COc1ccccc1C1NC(=O)C(C#N)=C(S)N1c1cccc(C)c1. The zero-order chi connectivity index (χ0) is 18.0. The second-order valence-electron chi connectivity index (χ2n) is 5.64. The van der Waals surface area contributed by atoms with Gasteiger partial charge in [-0.05, 0) is 30.7 Å². The molecule has 1 atom stereocenters. The van der Waals surface area contributed by atoms with Crippen LogP contribution in [0.15, 0.2) is 59.1 Å². The first-order valence-electron chi connectivity index (χ1n) is 7.70. The first-order chi connectivity index (χ1) is 12.1. The van der Waals surface area contributed by atoms with E-state index >= 15 is 0 Å². The number of nitrogens with one attached hydrogen (secondary N) is 1. The van der Waals surface area contributed by atoms with Crippen molar-refractivity contribution in [3.8, 4) is 11.8 Å². The first kappa shape index (κ1) is 16.9. The Morgan fingerprint density at radius 2 is 2.00 bits per heavy atom. The highest BCUT2D eigenvalue weighted by molar-refractivity contribution is 7.84. The van der Waals surface area contributed by atoms with E-state index in [1.807, 2.05) is 66.4 Å². The number of carbonyl (C=O) groups excluding carboxylic acids is 1. The summed E-state index contributed by atoms with van der Waals surface area (Å²) in [7, 11) is 1.58. The minimum Gasteiger partial charge on any atom is -0.496 e. The average Bonchev–Trinajstić information content (AvgIpc) is 2.61. The lowest BCUT2D eigenvalue weighted by Gasteiger charge is -2.38. The highest BCUT2D eigenvalue weighted by atomic mass is 32.1. The van der Waals surface area contributed by atoms with Gasteiger partial charge in [0.05, 0.1) is 12.1 Å². The van der Waals surface area contributed by atoms with Gasteiger partial charge in [0.2, 0.25) is 0 Å². The number of amides is 1. The maximum absolute atomic E-state index is 12.4. The van der Waals surface area contributed by atoms with Crippen molar-refractivity contribution < 1.29 is 9.53 Å². The number of hydrogen-bond acceptors (Lipinski definition) is 5. The standard InChI is InChI=1S/C19H17N3O2S/c1-12-6-5-7-13(10-12)22-17(14-8-3-4-9-16(14)24-2)21-18(23)15(11-20)19(22)25/h3-10,17,25H,1-2H3,(H,21,23). The van der Waals surface area contributed by atoms with E-state index in [9.17, 15) is 10.1 Å². The van der Waals surface area contributed by atoms with Gasteiger partial charge in [0.15, 0.2) is 0 Å². The lowest BCUT2D eigenvalue weighted by Crippen LogP contribution is -2.46. The van der Waals surface area contributed by atoms with Crippen molar-refractivity contribution in [1.82, 2.24) is 5.32 Å². The molecule has 2 aromatic rings. The Morgan fingerprint density at radius 3 is 2.68 bits per heavy atom. The van der Waals surface area contributed by atoms with Crippen molar-refractivity contribution in [2.45, 2.75) is 13.1 Å². The quantitative estimate of drug-likeness (QED) is 0.833. The predicted octanol–water partition coefficient (Wildman–Crippen LogP) is 3.30. The molecule has 0 fully saturated rings. The van der Waals surface area contributed by atoms with E-state index in [4.69, 9.17) is 4.74 Å². The second kappa shape index (κ2) is 6.91. The van der Waals surface area contributed by atoms with Gasteiger partial charge < -0.3 is 15.0 Å². The molecule has 1 heterocycles. The number of carbonyl (C=O) groups is 1. The molecule has 1 amide bonds. The van der Waals surface area contributed by atoms with Gasteiger partial charge in [-0.1, -0.05) is 30.3 Å². The molecule has 1 aliphatic heterocycles. The van der Waals surface area contributed by atoms with Gasteiger partial charge in [0.25, 0.3) is 5.91 Å². The van der Waals surface area contributed by atoms with E-state index in [1.54, 1.807) is 7.11 Å². The second-order valence-corrected chi connectivity index (χ2v) is 6.06. The summed E-state index contributed by atoms with van der Waals surface area (Å²) in [5.74, 6) is 0.194. The minimum atomic E-state index is -0.532. The van der Waals surface area contributed by atoms with Gasteiger partial charge in [-0.25, -0.2) is 0 Å². The van der Waals surface area contributed by atoms with Crippen molar-refractivity contribution in [1.29, 1.82) is 5.26 Å². The number of thiol groups is 1. The first-order valence-corrected chi connectivity index (χ1v) is 8.14. The van der Waals surface area contributed by atoms with Crippen LogP contribution in [0.3, 0.4) is 0 Å². The maximum Gasteiger partial charge on any atom is 0.266 e. The Balaban J connectivity index is 2.21. The van der Waals surface area contributed by atoms with E-state index in [0.29, 0.717) is 10.8 Å². The number of hydrogen-bond donors (Lipinski definition) is 2. The molecule has 0 radical (unpaired) electrons. The number of methoxy groups -OCH3 is 1. The molecule has 0 bridgehead atoms. The predicted molar refractivity (Wildman–Crippen MR) is 99.2 cm³/mol. The number of aryl methyl sites for hydroxylation is 1. The fraction of sp³-hybridized carbons (Fsp3) is 0.158. The summed E-state index contributed by atoms with van der Waals surface area (Å²) in [6.07, 6.45) is -0.532. The Bertz CT molecular complexity index is 902. The molecule has 0 aromatic heterocycles. The van der Waals surface area contributed by atoms with Crippen LogP contribution in [0.1, 0.15) is 17.3 Å². The number of ether oxygens (including phenoxy) is 1. The molecular weight excluding hydrogens is 334 g/mol. The summed E-state index contributed by atoms with van der Waals surface area (Å²) in [6.45, 7) is 1.98. The van der Waals surface area contributed by atoms with Gasteiger partial charge in [0.1, 0.15) is 23.6 Å². The highest BCUT2D eigenvalue weighted by Gasteiger charge is 2.35. The Hall–Kier alpha value is -2.91. The lowest BCUT2D eigenvalue weighted by atomic mass is 10.1. The molecular formula is C19H17N3O2S. The van der Waals surface area contributed by atoms with Crippen molar-refractivity contribution in [2.24, 2.45) is 0 Å². The van der Waals surface area contributed by atoms with Crippen LogP contribution in [0.4, 0.5) is 5.69 Å². The number of para-hydroxylation sites is 1. The molecule has 0 saturated heterocycles. The van der Waals surface area contributed by atoms with Gasteiger partial charge in [-0.2, -0.15) is 5.26 Å². The largest absolute Gasteiger partial charge is 0.496 e. The topological polar surface area (TPSA) is 65.4 Å². The van der Waals surface area contributed by atoms with Gasteiger partial charge >= 0.3 is 0 Å². The normalized spacial score (nSPS) is 17.1. The number of anilines is 1. The number of benzene rings is 2. The van der Waals surface area contributed by atoms with Crippen LogP contribution in [-0.4, -0.2) is 13.0 Å². The zero-order valence-electron chi connectivity index (χ0n) is 13.9.